The Kier molecular flexibility index (Phi) is 3.73. The number of likely N-dealkylation sites (tertiary alicyclic amines) is 1. The summed E-state index contributed by atoms with van der Waals surface area (Å²) in [6.07, 6.45) is 2.31. The zero-order valence-electron chi connectivity index (χ0n) is 11.4. The Morgan fingerprint density at radius 3 is 2.50 bits per heavy atom. The molecule has 1 aromatic rings. The zero-order chi connectivity index (χ0) is 14.2. The molecule has 2 aliphatic heterocycles. The number of halogens is 1. The minimum absolute atomic E-state index is 0.190. The number of benzene rings is 1. The number of anilines is 1. The highest BCUT2D eigenvalue weighted by Gasteiger charge is 2.45. The summed E-state index contributed by atoms with van der Waals surface area (Å²) >= 11 is 3.61. The van der Waals surface area contributed by atoms with Crippen LogP contribution in [0.15, 0.2) is 28.7 Å². The molecule has 0 radical (unpaired) electrons. The maximum atomic E-state index is 10.7. The van der Waals surface area contributed by atoms with Crippen LogP contribution in [0.25, 0.3) is 0 Å². The van der Waals surface area contributed by atoms with Gasteiger partial charge in [-0.25, -0.2) is 0 Å². The first-order valence-electron chi connectivity index (χ1n) is 7.02. The van der Waals surface area contributed by atoms with Crippen LogP contribution in [0.1, 0.15) is 12.8 Å². The summed E-state index contributed by atoms with van der Waals surface area (Å²) in [5.74, 6) is -0.717. The zero-order valence-corrected chi connectivity index (χ0v) is 13.0. The lowest BCUT2D eigenvalue weighted by Gasteiger charge is -2.54. The summed E-state index contributed by atoms with van der Waals surface area (Å²) in [6.45, 7) is 4.20. The lowest BCUT2D eigenvalue weighted by Crippen LogP contribution is -2.61. The molecule has 0 amide bonds. The van der Waals surface area contributed by atoms with Crippen LogP contribution < -0.4 is 4.90 Å². The first kappa shape index (κ1) is 13.9. The fraction of sp³-hybridized carbons (Fsp3) is 0.533. The van der Waals surface area contributed by atoms with Gasteiger partial charge in [0.1, 0.15) is 0 Å². The van der Waals surface area contributed by atoms with Crippen LogP contribution in [0, 0.1) is 5.41 Å². The molecule has 4 nitrogen and oxygen atoms in total. The van der Waals surface area contributed by atoms with Crippen molar-refractivity contribution in [1.29, 1.82) is 0 Å². The van der Waals surface area contributed by atoms with E-state index < -0.39 is 5.97 Å². The van der Waals surface area contributed by atoms with E-state index in [0.717, 1.165) is 43.5 Å². The Bertz CT molecular complexity index is 504. The Morgan fingerprint density at radius 1 is 1.25 bits per heavy atom. The summed E-state index contributed by atoms with van der Waals surface area (Å²) in [4.78, 5) is 15.2. The highest BCUT2D eigenvalue weighted by Crippen LogP contribution is 2.41. The number of aliphatic carboxylic acids is 1. The maximum Gasteiger partial charge on any atom is 0.317 e. The molecule has 2 saturated heterocycles. The number of piperidine rings is 1. The number of carbonyl (C=O) groups is 1. The van der Waals surface area contributed by atoms with Crippen molar-refractivity contribution in [3.05, 3.63) is 28.7 Å². The predicted octanol–water partition coefficient (Wildman–Crippen LogP) is 2.44. The van der Waals surface area contributed by atoms with Gasteiger partial charge in [0.25, 0.3) is 0 Å². The Balaban J connectivity index is 1.56. The molecule has 0 aromatic heterocycles. The van der Waals surface area contributed by atoms with Crippen molar-refractivity contribution in [3.8, 4) is 0 Å². The van der Waals surface area contributed by atoms with Crippen molar-refractivity contribution in [1.82, 2.24) is 4.90 Å². The Morgan fingerprint density at radius 2 is 1.90 bits per heavy atom. The SMILES string of the molecule is O=C(O)CN1CC2(CCN(c3ccccc3Br)CC2)C1. The van der Waals surface area contributed by atoms with Gasteiger partial charge in [-0.3, -0.25) is 9.69 Å². The molecule has 0 saturated carbocycles. The average molecular weight is 339 g/mol. The topological polar surface area (TPSA) is 43.8 Å². The molecular formula is C15H19BrN2O2. The smallest absolute Gasteiger partial charge is 0.317 e. The summed E-state index contributed by atoms with van der Waals surface area (Å²) < 4.78 is 1.15. The Labute approximate surface area is 127 Å². The molecule has 108 valence electrons. The molecule has 3 rings (SSSR count). The molecule has 0 atom stereocenters. The standard InChI is InChI=1S/C15H19BrN2O2/c16-12-3-1-2-4-13(12)18-7-5-15(6-8-18)10-17(11-15)9-14(19)20/h1-4H,5-11H2,(H,19,20). The van der Waals surface area contributed by atoms with Crippen LogP contribution in [-0.4, -0.2) is 48.7 Å². The molecule has 1 spiro atoms. The van der Waals surface area contributed by atoms with Crippen molar-refractivity contribution in [2.24, 2.45) is 5.41 Å². The average Bonchev–Trinajstić information content (AvgIpc) is 2.38. The number of carboxylic acids is 1. The molecular weight excluding hydrogens is 320 g/mol. The lowest BCUT2D eigenvalue weighted by molar-refractivity contribution is -0.142. The van der Waals surface area contributed by atoms with Crippen molar-refractivity contribution in [2.45, 2.75) is 12.8 Å². The van der Waals surface area contributed by atoms with Gasteiger partial charge < -0.3 is 10.0 Å². The number of hydrogen-bond donors (Lipinski definition) is 1. The second kappa shape index (κ2) is 5.37. The molecule has 2 heterocycles. The van der Waals surface area contributed by atoms with Gasteiger partial charge >= 0.3 is 5.97 Å². The first-order chi connectivity index (χ1) is 9.58. The molecule has 0 aliphatic carbocycles. The minimum atomic E-state index is -0.717. The number of nitrogens with zero attached hydrogens (tertiary/aromatic N) is 2. The van der Waals surface area contributed by atoms with Gasteiger partial charge in [-0.05, 0) is 46.3 Å². The van der Waals surface area contributed by atoms with Crippen molar-refractivity contribution >= 4 is 27.6 Å². The molecule has 2 aliphatic rings. The maximum absolute atomic E-state index is 10.7. The number of hydrogen-bond acceptors (Lipinski definition) is 3. The minimum Gasteiger partial charge on any atom is -0.480 e. The Hall–Kier alpha value is -1.07. The van der Waals surface area contributed by atoms with E-state index in [1.54, 1.807) is 0 Å². The third-order valence-corrected chi connectivity index (χ3v) is 5.16. The normalized spacial score (nSPS) is 21.8. The van der Waals surface area contributed by atoms with Crippen LogP contribution in [0.2, 0.25) is 0 Å². The monoisotopic (exact) mass is 338 g/mol. The van der Waals surface area contributed by atoms with Gasteiger partial charge in [-0.15, -0.1) is 0 Å². The van der Waals surface area contributed by atoms with Crippen LogP contribution >= 0.6 is 15.9 Å². The molecule has 5 heteroatoms. The van der Waals surface area contributed by atoms with E-state index in [-0.39, 0.29) is 6.54 Å². The molecule has 2 fully saturated rings. The number of rotatable bonds is 3. The fourth-order valence-corrected chi connectivity index (χ4v) is 3.99. The third-order valence-electron chi connectivity index (χ3n) is 4.49. The molecule has 1 aromatic carbocycles. The molecule has 0 bridgehead atoms. The van der Waals surface area contributed by atoms with E-state index in [9.17, 15) is 4.79 Å². The van der Waals surface area contributed by atoms with Gasteiger partial charge in [0.2, 0.25) is 0 Å². The predicted molar refractivity (Wildman–Crippen MR) is 82.1 cm³/mol. The van der Waals surface area contributed by atoms with E-state index in [4.69, 9.17) is 5.11 Å². The van der Waals surface area contributed by atoms with Gasteiger partial charge in [0.05, 0.1) is 12.2 Å². The van der Waals surface area contributed by atoms with Crippen LogP contribution in [-0.2, 0) is 4.79 Å². The van der Waals surface area contributed by atoms with E-state index in [0.29, 0.717) is 5.41 Å². The van der Waals surface area contributed by atoms with Crippen molar-refractivity contribution < 1.29 is 9.90 Å². The van der Waals surface area contributed by atoms with Crippen LogP contribution in [0.5, 0.6) is 0 Å². The lowest BCUT2D eigenvalue weighted by atomic mass is 9.72. The van der Waals surface area contributed by atoms with Crippen molar-refractivity contribution in [2.75, 3.05) is 37.6 Å². The summed E-state index contributed by atoms with van der Waals surface area (Å²) in [6, 6.07) is 8.34. The second-order valence-electron chi connectivity index (χ2n) is 5.98. The van der Waals surface area contributed by atoms with Gasteiger partial charge in [-0.1, -0.05) is 12.1 Å². The number of para-hydroxylation sites is 1. The highest BCUT2D eigenvalue weighted by atomic mass is 79.9. The van der Waals surface area contributed by atoms with Crippen LogP contribution in [0.4, 0.5) is 5.69 Å². The third kappa shape index (κ3) is 2.69. The largest absolute Gasteiger partial charge is 0.480 e. The quantitative estimate of drug-likeness (QED) is 0.919. The number of carboxylic acid groups (broad SMARTS) is 1. The summed E-state index contributed by atoms with van der Waals surface area (Å²) in [7, 11) is 0. The highest BCUT2D eigenvalue weighted by molar-refractivity contribution is 9.10. The molecule has 1 N–H and O–H groups in total. The molecule has 20 heavy (non-hydrogen) atoms. The van der Waals surface area contributed by atoms with E-state index in [1.165, 1.54) is 5.69 Å². The van der Waals surface area contributed by atoms with Gasteiger partial charge in [-0.2, -0.15) is 0 Å². The molecule has 0 unspecified atom stereocenters. The van der Waals surface area contributed by atoms with Gasteiger partial charge in [0.15, 0.2) is 0 Å². The van der Waals surface area contributed by atoms with E-state index in [1.807, 2.05) is 11.0 Å². The van der Waals surface area contributed by atoms with E-state index >= 15 is 0 Å². The fourth-order valence-electron chi connectivity index (χ4n) is 3.45. The van der Waals surface area contributed by atoms with Crippen molar-refractivity contribution in [3.63, 3.8) is 0 Å². The second-order valence-corrected chi connectivity index (χ2v) is 6.83. The van der Waals surface area contributed by atoms with Gasteiger partial charge in [0, 0.05) is 30.7 Å². The van der Waals surface area contributed by atoms with Crippen LogP contribution in [0.3, 0.4) is 0 Å². The summed E-state index contributed by atoms with van der Waals surface area (Å²) in [5, 5.41) is 8.80. The van der Waals surface area contributed by atoms with E-state index in [2.05, 4.69) is 39.0 Å². The summed E-state index contributed by atoms with van der Waals surface area (Å²) in [5.41, 5.74) is 1.64. The first-order valence-corrected chi connectivity index (χ1v) is 7.81.